The van der Waals surface area contributed by atoms with Crippen molar-refractivity contribution in [3.8, 4) is 0 Å². The maximum Gasteiger partial charge on any atom is 0.261 e. The maximum atomic E-state index is 12.0. The van der Waals surface area contributed by atoms with Crippen LogP contribution in [0.3, 0.4) is 0 Å². The Morgan fingerprint density at radius 1 is 1.20 bits per heavy atom. The standard InChI is InChI=1S/C15H19N3O2/c1-9-8-18(6-5-13(9)16)10-3-4-11-12(7-10)15(20)17(2)14(11)19/h3-4,7,9,13H,5-6,8,16H2,1-2H3. The van der Waals surface area contributed by atoms with Crippen molar-refractivity contribution >= 4 is 17.5 Å². The van der Waals surface area contributed by atoms with Crippen molar-refractivity contribution in [2.75, 3.05) is 25.0 Å². The van der Waals surface area contributed by atoms with E-state index in [2.05, 4.69) is 11.8 Å². The summed E-state index contributed by atoms with van der Waals surface area (Å²) < 4.78 is 0. The number of piperidine rings is 1. The van der Waals surface area contributed by atoms with Crippen molar-refractivity contribution in [1.29, 1.82) is 0 Å². The lowest BCUT2D eigenvalue weighted by Crippen LogP contribution is -2.46. The summed E-state index contributed by atoms with van der Waals surface area (Å²) in [6.45, 7) is 3.92. The molecule has 5 nitrogen and oxygen atoms in total. The monoisotopic (exact) mass is 273 g/mol. The number of hydrogen-bond donors (Lipinski definition) is 1. The van der Waals surface area contributed by atoms with Gasteiger partial charge in [0.05, 0.1) is 11.1 Å². The Morgan fingerprint density at radius 3 is 2.60 bits per heavy atom. The predicted molar refractivity (Wildman–Crippen MR) is 76.8 cm³/mol. The number of nitrogens with two attached hydrogens (primary N) is 1. The largest absolute Gasteiger partial charge is 0.371 e. The third-order valence-electron chi connectivity index (χ3n) is 4.41. The van der Waals surface area contributed by atoms with Crippen LogP contribution in [-0.2, 0) is 0 Å². The zero-order valence-electron chi connectivity index (χ0n) is 11.8. The van der Waals surface area contributed by atoms with Crippen molar-refractivity contribution in [3.05, 3.63) is 29.3 Å². The Kier molecular flexibility index (Phi) is 3.01. The summed E-state index contributed by atoms with van der Waals surface area (Å²) in [5, 5.41) is 0. The molecule has 1 aromatic rings. The van der Waals surface area contributed by atoms with Crippen molar-refractivity contribution < 1.29 is 9.59 Å². The molecule has 5 heteroatoms. The zero-order valence-corrected chi connectivity index (χ0v) is 11.8. The Hall–Kier alpha value is -1.88. The molecule has 0 spiro atoms. The van der Waals surface area contributed by atoms with Crippen LogP contribution in [-0.4, -0.2) is 42.9 Å². The number of anilines is 1. The minimum Gasteiger partial charge on any atom is -0.371 e. The molecule has 3 rings (SSSR count). The lowest BCUT2D eigenvalue weighted by molar-refractivity contribution is 0.0693. The molecule has 2 N–H and O–H groups in total. The molecule has 1 fully saturated rings. The molecule has 0 saturated carbocycles. The summed E-state index contributed by atoms with van der Waals surface area (Å²) in [4.78, 5) is 27.3. The number of rotatable bonds is 1. The molecule has 1 saturated heterocycles. The second-order valence-electron chi connectivity index (χ2n) is 5.78. The van der Waals surface area contributed by atoms with Crippen LogP contribution in [0.25, 0.3) is 0 Å². The van der Waals surface area contributed by atoms with Gasteiger partial charge in [0.1, 0.15) is 0 Å². The van der Waals surface area contributed by atoms with E-state index in [0.29, 0.717) is 17.0 Å². The number of imide groups is 1. The molecule has 2 aliphatic rings. The fourth-order valence-corrected chi connectivity index (χ4v) is 2.94. The molecule has 2 atom stereocenters. The fourth-order valence-electron chi connectivity index (χ4n) is 2.94. The van der Waals surface area contributed by atoms with Crippen molar-refractivity contribution in [1.82, 2.24) is 4.90 Å². The van der Waals surface area contributed by atoms with Crippen molar-refractivity contribution in [2.24, 2.45) is 11.7 Å². The lowest BCUT2D eigenvalue weighted by Gasteiger charge is -2.36. The van der Waals surface area contributed by atoms with Gasteiger partial charge in [-0.2, -0.15) is 0 Å². The molecule has 1 aromatic carbocycles. The normalized spacial score (nSPS) is 26.1. The molecule has 20 heavy (non-hydrogen) atoms. The molecular formula is C15H19N3O2. The topological polar surface area (TPSA) is 66.6 Å². The quantitative estimate of drug-likeness (QED) is 0.778. The van der Waals surface area contributed by atoms with Gasteiger partial charge in [-0.15, -0.1) is 0 Å². The average molecular weight is 273 g/mol. The van der Waals surface area contributed by atoms with Crippen molar-refractivity contribution in [2.45, 2.75) is 19.4 Å². The average Bonchev–Trinajstić information content (AvgIpc) is 2.66. The number of nitrogens with zero attached hydrogens (tertiary/aromatic N) is 2. The van der Waals surface area contributed by atoms with Gasteiger partial charge in [-0.05, 0) is 30.5 Å². The number of amides is 2. The summed E-state index contributed by atoms with van der Waals surface area (Å²) in [6.07, 6.45) is 0.949. The highest BCUT2D eigenvalue weighted by atomic mass is 16.2. The maximum absolute atomic E-state index is 12.0. The fraction of sp³-hybridized carbons (Fsp3) is 0.467. The number of carbonyl (C=O) groups is 2. The van der Waals surface area contributed by atoms with Gasteiger partial charge in [0.2, 0.25) is 0 Å². The van der Waals surface area contributed by atoms with Gasteiger partial charge in [0.25, 0.3) is 11.8 Å². The van der Waals surface area contributed by atoms with Gasteiger partial charge in [-0.3, -0.25) is 14.5 Å². The second-order valence-corrected chi connectivity index (χ2v) is 5.78. The molecule has 2 heterocycles. The van der Waals surface area contributed by atoms with Gasteiger partial charge in [-0.1, -0.05) is 6.92 Å². The first-order valence-corrected chi connectivity index (χ1v) is 6.96. The van der Waals surface area contributed by atoms with Gasteiger partial charge in [-0.25, -0.2) is 0 Å². The van der Waals surface area contributed by atoms with Gasteiger partial charge < -0.3 is 10.6 Å². The Morgan fingerprint density at radius 2 is 1.90 bits per heavy atom. The Labute approximate surface area is 118 Å². The molecule has 0 aliphatic carbocycles. The van der Waals surface area contributed by atoms with E-state index in [0.717, 1.165) is 25.2 Å². The summed E-state index contributed by atoms with van der Waals surface area (Å²) in [6, 6.07) is 5.76. The molecule has 2 unspecified atom stereocenters. The first-order chi connectivity index (χ1) is 9.49. The Balaban J connectivity index is 1.91. The van der Waals surface area contributed by atoms with Crippen LogP contribution in [0.1, 0.15) is 34.1 Å². The van der Waals surface area contributed by atoms with E-state index in [1.54, 1.807) is 6.07 Å². The van der Waals surface area contributed by atoms with E-state index < -0.39 is 0 Å². The minimum absolute atomic E-state index is 0.214. The predicted octanol–water partition coefficient (Wildman–Crippen LogP) is 1.09. The second kappa shape index (κ2) is 4.59. The minimum atomic E-state index is -0.217. The molecule has 0 aromatic heterocycles. The first kappa shape index (κ1) is 13.1. The van der Waals surface area contributed by atoms with Crippen LogP contribution in [0.5, 0.6) is 0 Å². The number of hydrogen-bond acceptors (Lipinski definition) is 4. The first-order valence-electron chi connectivity index (χ1n) is 6.96. The van der Waals surface area contributed by atoms with Crippen LogP contribution < -0.4 is 10.6 Å². The number of carbonyl (C=O) groups excluding carboxylic acids is 2. The van der Waals surface area contributed by atoms with Crippen LogP contribution >= 0.6 is 0 Å². The number of benzene rings is 1. The highest BCUT2D eigenvalue weighted by molar-refractivity contribution is 6.21. The van der Waals surface area contributed by atoms with E-state index in [-0.39, 0.29) is 17.9 Å². The van der Waals surface area contributed by atoms with Crippen LogP contribution in [0.2, 0.25) is 0 Å². The smallest absolute Gasteiger partial charge is 0.261 e. The molecule has 0 radical (unpaired) electrons. The van der Waals surface area contributed by atoms with Crippen LogP contribution in [0.4, 0.5) is 5.69 Å². The summed E-state index contributed by atoms with van der Waals surface area (Å²) >= 11 is 0. The summed E-state index contributed by atoms with van der Waals surface area (Å²) in [5.74, 6) is -0.00351. The van der Waals surface area contributed by atoms with E-state index in [1.807, 2.05) is 12.1 Å². The van der Waals surface area contributed by atoms with Crippen LogP contribution in [0, 0.1) is 5.92 Å². The summed E-state index contributed by atoms with van der Waals surface area (Å²) in [5.41, 5.74) is 8.05. The van der Waals surface area contributed by atoms with Gasteiger partial charge in [0, 0.05) is 31.9 Å². The van der Waals surface area contributed by atoms with E-state index in [9.17, 15) is 9.59 Å². The zero-order chi connectivity index (χ0) is 14.4. The van der Waals surface area contributed by atoms with E-state index >= 15 is 0 Å². The van der Waals surface area contributed by atoms with Gasteiger partial charge >= 0.3 is 0 Å². The molecule has 0 bridgehead atoms. The molecular weight excluding hydrogens is 254 g/mol. The van der Waals surface area contributed by atoms with Crippen molar-refractivity contribution in [3.63, 3.8) is 0 Å². The van der Waals surface area contributed by atoms with Crippen LogP contribution in [0.15, 0.2) is 18.2 Å². The Bertz CT molecular complexity index is 584. The summed E-state index contributed by atoms with van der Waals surface area (Å²) in [7, 11) is 1.52. The molecule has 2 aliphatic heterocycles. The highest BCUT2D eigenvalue weighted by Crippen LogP contribution is 2.28. The molecule has 2 amide bonds. The third kappa shape index (κ3) is 1.89. The SMILES string of the molecule is CC1CN(c2ccc3c(c2)C(=O)N(C)C3=O)CCC1N. The van der Waals surface area contributed by atoms with E-state index in [4.69, 9.17) is 5.73 Å². The van der Waals surface area contributed by atoms with Gasteiger partial charge in [0.15, 0.2) is 0 Å². The molecule has 106 valence electrons. The highest BCUT2D eigenvalue weighted by Gasteiger charge is 2.33. The van der Waals surface area contributed by atoms with E-state index in [1.165, 1.54) is 11.9 Å². The number of fused-ring (bicyclic) bond motifs is 1. The lowest BCUT2D eigenvalue weighted by atomic mass is 9.94. The third-order valence-corrected chi connectivity index (χ3v) is 4.41.